The number of nitrogens with zero attached hydrogens (tertiary/aromatic N) is 3. The number of aliphatic hydroxyl groups excluding tert-OH is 1. The van der Waals surface area contributed by atoms with Gasteiger partial charge in [0.05, 0.1) is 12.4 Å². The summed E-state index contributed by atoms with van der Waals surface area (Å²) in [6.45, 7) is 13.0. The maximum atomic E-state index is 12.5. The first-order valence-electron chi connectivity index (χ1n) is 10.5. The number of allylic oxidation sites excluding steroid dienone is 2. The van der Waals surface area contributed by atoms with Crippen LogP contribution in [0.1, 0.15) is 32.8 Å². The fraction of sp³-hybridized carbons (Fsp3) is 0.591. The second-order valence-corrected chi connectivity index (χ2v) is 14.6. The molecule has 0 radical (unpaired) electrons. The molecule has 0 aliphatic carbocycles. The van der Waals surface area contributed by atoms with Crippen LogP contribution in [0.2, 0.25) is 18.1 Å². The van der Waals surface area contributed by atoms with Crippen molar-refractivity contribution in [3.8, 4) is 0 Å². The molecule has 8 heteroatoms. The van der Waals surface area contributed by atoms with E-state index in [-0.39, 0.29) is 16.5 Å². The van der Waals surface area contributed by atoms with Crippen molar-refractivity contribution in [2.75, 3.05) is 27.2 Å². The van der Waals surface area contributed by atoms with Crippen molar-refractivity contribution in [2.24, 2.45) is 5.73 Å². The minimum atomic E-state index is -1.89. The summed E-state index contributed by atoms with van der Waals surface area (Å²) in [4.78, 5) is 16.7. The van der Waals surface area contributed by atoms with E-state index in [9.17, 15) is 9.90 Å². The Labute approximate surface area is 181 Å². The van der Waals surface area contributed by atoms with Gasteiger partial charge in [0.15, 0.2) is 14.2 Å². The van der Waals surface area contributed by atoms with E-state index in [2.05, 4.69) is 57.8 Å². The molecule has 0 saturated carbocycles. The number of pyridine rings is 1. The molecule has 1 saturated heterocycles. The van der Waals surface area contributed by atoms with Crippen LogP contribution < -0.4 is 11.3 Å². The Kier molecular flexibility index (Phi) is 7.60. The van der Waals surface area contributed by atoms with Crippen LogP contribution in [-0.2, 0) is 11.0 Å². The Hall–Kier alpha value is -2.03. The molecule has 2 rings (SSSR count). The highest BCUT2D eigenvalue weighted by atomic mass is 28.4. The summed E-state index contributed by atoms with van der Waals surface area (Å²) in [7, 11) is 2.24. The lowest BCUT2D eigenvalue weighted by molar-refractivity contribution is 0.276. The molecule has 1 aliphatic rings. The highest BCUT2D eigenvalue weighted by Crippen LogP contribution is 2.37. The molecule has 3 N–H and O–H groups in total. The fourth-order valence-electron chi connectivity index (χ4n) is 3.02. The molecule has 0 amide bonds. The summed E-state index contributed by atoms with van der Waals surface area (Å²) in [6, 6.07) is 3.78. The predicted molar refractivity (Wildman–Crippen MR) is 126 cm³/mol. The fourth-order valence-corrected chi connectivity index (χ4v) is 3.98. The summed E-state index contributed by atoms with van der Waals surface area (Å²) in [5.74, 6) is 0.418. The molecule has 30 heavy (non-hydrogen) atoms. The third-order valence-corrected chi connectivity index (χ3v) is 10.8. The molecule has 2 heterocycles. The topological polar surface area (TPSA) is 84.0 Å². The Morgan fingerprint density at radius 3 is 2.57 bits per heavy atom. The van der Waals surface area contributed by atoms with E-state index in [1.54, 1.807) is 18.3 Å². The van der Waals surface area contributed by atoms with Gasteiger partial charge in [-0.2, -0.15) is 0 Å². The molecule has 1 aromatic heterocycles. The zero-order valence-electron chi connectivity index (χ0n) is 19.5. The average molecular weight is 435 g/mol. The third-order valence-electron chi connectivity index (χ3n) is 6.30. The molecule has 0 aromatic carbocycles. The lowest BCUT2D eigenvalue weighted by Crippen LogP contribution is -2.40. The first kappa shape index (κ1) is 24.2. The van der Waals surface area contributed by atoms with E-state index in [1.807, 2.05) is 0 Å². The summed E-state index contributed by atoms with van der Waals surface area (Å²) in [5, 5.41) is 10.5. The molecular formula is C22H38N4O3Si. The van der Waals surface area contributed by atoms with Crippen LogP contribution in [0, 0.1) is 0 Å². The van der Waals surface area contributed by atoms with Gasteiger partial charge in [0.2, 0.25) is 0 Å². The minimum absolute atomic E-state index is 0.108. The molecule has 7 nitrogen and oxygen atoms in total. The number of likely N-dealkylation sites (tertiary alicyclic amines) is 1. The number of hydrogen-bond acceptors (Lipinski definition) is 6. The molecule has 168 valence electrons. The van der Waals surface area contributed by atoms with Gasteiger partial charge in [-0.05, 0) is 56.4 Å². The minimum Gasteiger partial charge on any atom is -0.494 e. The lowest BCUT2D eigenvalue weighted by Gasteiger charge is -2.36. The normalized spacial score (nSPS) is 19.1. The van der Waals surface area contributed by atoms with Gasteiger partial charge in [0, 0.05) is 37.5 Å². The van der Waals surface area contributed by atoms with Crippen molar-refractivity contribution >= 4 is 14.2 Å². The van der Waals surface area contributed by atoms with E-state index in [0.717, 1.165) is 25.1 Å². The maximum Gasteiger partial charge on any atom is 0.257 e. The van der Waals surface area contributed by atoms with Gasteiger partial charge in [0.25, 0.3) is 5.56 Å². The van der Waals surface area contributed by atoms with Crippen LogP contribution in [0.25, 0.3) is 5.88 Å². The largest absolute Gasteiger partial charge is 0.494 e. The highest BCUT2D eigenvalue weighted by Gasteiger charge is 2.37. The number of likely N-dealkylation sites (N-methyl/N-ethyl adjacent to an activating group) is 1. The van der Waals surface area contributed by atoms with Gasteiger partial charge >= 0.3 is 0 Å². The second-order valence-electron chi connectivity index (χ2n) is 9.76. The summed E-state index contributed by atoms with van der Waals surface area (Å²) in [6.07, 6.45) is 5.73. The first-order valence-corrected chi connectivity index (χ1v) is 13.4. The van der Waals surface area contributed by atoms with Gasteiger partial charge in [0.1, 0.15) is 0 Å². The van der Waals surface area contributed by atoms with Crippen LogP contribution >= 0.6 is 0 Å². The number of rotatable bonds is 7. The molecule has 0 bridgehead atoms. The van der Waals surface area contributed by atoms with Crippen molar-refractivity contribution in [1.29, 1.82) is 0 Å². The molecule has 1 aliphatic heterocycles. The summed E-state index contributed by atoms with van der Waals surface area (Å²) >= 11 is 0. The van der Waals surface area contributed by atoms with Gasteiger partial charge in [-0.1, -0.05) is 20.8 Å². The summed E-state index contributed by atoms with van der Waals surface area (Å²) < 4.78 is 7.38. The SMILES string of the molecule is CN(C)C1CCN(/C(N)=C/C=C(\O)n2ccc(CO[Si](C)(C)C(C)(C)C)cc2=O)C1. The van der Waals surface area contributed by atoms with Crippen LogP contribution in [0.3, 0.4) is 0 Å². The van der Waals surface area contributed by atoms with Crippen molar-refractivity contribution in [2.45, 2.75) is 58.0 Å². The van der Waals surface area contributed by atoms with E-state index in [4.69, 9.17) is 10.2 Å². The lowest BCUT2D eigenvalue weighted by atomic mass is 10.2. The number of aliphatic hydroxyl groups is 1. The van der Waals surface area contributed by atoms with Crippen molar-refractivity contribution in [3.63, 3.8) is 0 Å². The second kappa shape index (κ2) is 9.41. The van der Waals surface area contributed by atoms with Crippen LogP contribution in [-0.4, -0.2) is 61.0 Å². The third kappa shape index (κ3) is 5.99. The Bertz CT molecular complexity index is 853. The zero-order chi connectivity index (χ0) is 22.7. The molecule has 1 atom stereocenters. The Morgan fingerprint density at radius 2 is 2.03 bits per heavy atom. The van der Waals surface area contributed by atoms with Gasteiger partial charge < -0.3 is 25.1 Å². The van der Waals surface area contributed by atoms with Gasteiger partial charge in [-0.25, -0.2) is 0 Å². The van der Waals surface area contributed by atoms with E-state index in [0.29, 0.717) is 18.5 Å². The molecule has 0 spiro atoms. The van der Waals surface area contributed by atoms with E-state index in [1.165, 1.54) is 16.7 Å². The number of aromatic nitrogens is 1. The van der Waals surface area contributed by atoms with Crippen LogP contribution in [0.4, 0.5) is 0 Å². The average Bonchev–Trinajstić information content (AvgIpc) is 3.14. The predicted octanol–water partition coefficient (Wildman–Crippen LogP) is 3.16. The standard InChI is InChI=1S/C22H38N4O3Si/c1-22(2,3)30(6,7)29-16-17-10-13-26(21(28)14-17)20(27)9-8-19(23)25-12-11-18(15-25)24(4)5/h8-10,13-14,18,27H,11-12,15-16,23H2,1-7H3/b19-8+,20-9-. The van der Waals surface area contributed by atoms with Gasteiger partial charge in [-0.3, -0.25) is 9.36 Å². The van der Waals surface area contributed by atoms with Crippen molar-refractivity contribution in [1.82, 2.24) is 14.4 Å². The van der Waals surface area contributed by atoms with Crippen LogP contribution in [0.15, 0.2) is 41.1 Å². The van der Waals surface area contributed by atoms with Crippen molar-refractivity contribution < 1.29 is 9.53 Å². The summed E-state index contributed by atoms with van der Waals surface area (Å²) in [5.41, 5.74) is 6.65. The van der Waals surface area contributed by atoms with Crippen LogP contribution in [0.5, 0.6) is 0 Å². The monoisotopic (exact) mass is 434 g/mol. The van der Waals surface area contributed by atoms with E-state index < -0.39 is 8.32 Å². The van der Waals surface area contributed by atoms with E-state index >= 15 is 0 Å². The molecule has 1 aromatic rings. The van der Waals surface area contributed by atoms with Crippen molar-refractivity contribution in [3.05, 3.63) is 52.2 Å². The highest BCUT2D eigenvalue weighted by molar-refractivity contribution is 6.74. The smallest absolute Gasteiger partial charge is 0.257 e. The number of hydrogen-bond donors (Lipinski definition) is 2. The van der Waals surface area contributed by atoms with Gasteiger partial charge in [-0.15, -0.1) is 0 Å². The number of nitrogens with two attached hydrogens (primary N) is 1. The quantitative estimate of drug-likeness (QED) is 0.390. The maximum absolute atomic E-state index is 12.5. The molecule has 1 unspecified atom stereocenters. The molecular weight excluding hydrogens is 396 g/mol. The molecule has 1 fully saturated rings. The Balaban J connectivity index is 2.06. The zero-order valence-corrected chi connectivity index (χ0v) is 20.5. The first-order chi connectivity index (χ1) is 13.8. The Morgan fingerprint density at radius 1 is 1.37 bits per heavy atom.